The number of rotatable bonds is 4. The van der Waals surface area contributed by atoms with Crippen molar-refractivity contribution < 1.29 is 4.79 Å². The number of amides is 1. The molecule has 1 saturated carbocycles. The highest BCUT2D eigenvalue weighted by Gasteiger charge is 2.25. The Kier molecular flexibility index (Phi) is 4.21. The molecule has 0 spiro atoms. The minimum Gasteiger partial charge on any atom is -0.339 e. The van der Waals surface area contributed by atoms with Crippen molar-refractivity contribution in [2.24, 2.45) is 5.92 Å². The molecule has 3 nitrogen and oxygen atoms in total. The van der Waals surface area contributed by atoms with Gasteiger partial charge >= 0.3 is 0 Å². The third-order valence-corrected chi connectivity index (χ3v) is 3.79. The number of likely N-dealkylation sites (tertiary alicyclic amines) is 1. The van der Waals surface area contributed by atoms with Crippen molar-refractivity contribution in [2.45, 2.75) is 38.6 Å². The van der Waals surface area contributed by atoms with Gasteiger partial charge in [-0.25, -0.2) is 0 Å². The Hall–Kier alpha value is -0.830. The summed E-state index contributed by atoms with van der Waals surface area (Å²) in [4.78, 5) is 16.2. The van der Waals surface area contributed by atoms with Crippen LogP contribution in [0.1, 0.15) is 32.6 Å². The topological polar surface area (TPSA) is 23.6 Å². The molecule has 0 aromatic heterocycles. The zero-order valence-electron chi connectivity index (χ0n) is 11.1. The maximum absolute atomic E-state index is 11.9. The number of carbonyl (C=O) groups excluding carboxylic acids is 1. The van der Waals surface area contributed by atoms with Crippen molar-refractivity contribution in [3.8, 4) is 0 Å². The molecule has 0 radical (unpaired) electrons. The molecule has 2 fully saturated rings. The van der Waals surface area contributed by atoms with Crippen LogP contribution in [-0.4, -0.2) is 48.4 Å². The summed E-state index contributed by atoms with van der Waals surface area (Å²) in [6.07, 6.45) is 8.83. The van der Waals surface area contributed by atoms with E-state index in [9.17, 15) is 4.79 Å². The van der Waals surface area contributed by atoms with E-state index in [4.69, 9.17) is 0 Å². The third kappa shape index (κ3) is 3.84. The van der Waals surface area contributed by atoms with Crippen molar-refractivity contribution in [1.82, 2.24) is 9.80 Å². The summed E-state index contributed by atoms with van der Waals surface area (Å²) in [6, 6.07) is 0.768. The van der Waals surface area contributed by atoms with Crippen LogP contribution >= 0.6 is 0 Å². The monoisotopic (exact) mass is 236 g/mol. The van der Waals surface area contributed by atoms with E-state index < -0.39 is 0 Å². The van der Waals surface area contributed by atoms with Gasteiger partial charge in [-0.3, -0.25) is 9.69 Å². The predicted molar refractivity (Wildman–Crippen MR) is 69.8 cm³/mol. The SMILES string of the molecule is C[C@@H]1CCCN(C(=O)/C=C/CN(C)C2CC2)C1. The largest absolute Gasteiger partial charge is 0.339 e. The van der Waals surface area contributed by atoms with Gasteiger partial charge in [-0.2, -0.15) is 0 Å². The molecular weight excluding hydrogens is 212 g/mol. The standard InChI is InChI=1S/C14H24N2O/c1-12-5-3-10-16(11-12)14(17)6-4-9-15(2)13-7-8-13/h4,6,12-13H,3,5,7-11H2,1-2H3/b6-4+/t12-/m1/s1. The van der Waals surface area contributed by atoms with E-state index in [0.717, 1.165) is 32.1 Å². The average Bonchev–Trinajstić information content (AvgIpc) is 3.12. The van der Waals surface area contributed by atoms with Gasteiger partial charge in [0.15, 0.2) is 0 Å². The molecule has 1 heterocycles. The van der Waals surface area contributed by atoms with Crippen LogP contribution in [0.4, 0.5) is 0 Å². The molecule has 96 valence electrons. The van der Waals surface area contributed by atoms with Gasteiger partial charge in [0, 0.05) is 31.8 Å². The minimum absolute atomic E-state index is 0.195. The Morgan fingerprint density at radius 1 is 1.41 bits per heavy atom. The lowest BCUT2D eigenvalue weighted by molar-refractivity contribution is -0.127. The van der Waals surface area contributed by atoms with Crippen LogP contribution in [0.2, 0.25) is 0 Å². The fourth-order valence-corrected chi connectivity index (χ4v) is 2.48. The molecule has 1 saturated heterocycles. The highest BCUT2D eigenvalue weighted by molar-refractivity contribution is 5.87. The second-order valence-corrected chi connectivity index (χ2v) is 5.60. The van der Waals surface area contributed by atoms with E-state index in [2.05, 4.69) is 18.9 Å². The molecule has 1 aliphatic heterocycles. The van der Waals surface area contributed by atoms with Crippen LogP contribution in [0.5, 0.6) is 0 Å². The van der Waals surface area contributed by atoms with Crippen molar-refractivity contribution in [3.63, 3.8) is 0 Å². The van der Waals surface area contributed by atoms with Crippen molar-refractivity contribution >= 4 is 5.91 Å². The quantitative estimate of drug-likeness (QED) is 0.696. The first-order valence-corrected chi connectivity index (χ1v) is 6.82. The number of likely N-dealkylation sites (N-methyl/N-ethyl adjacent to an activating group) is 1. The molecule has 0 aromatic rings. The molecule has 0 bridgehead atoms. The number of nitrogens with zero attached hydrogens (tertiary/aromatic N) is 2. The Labute approximate surface area is 104 Å². The average molecular weight is 236 g/mol. The maximum atomic E-state index is 11.9. The summed E-state index contributed by atoms with van der Waals surface area (Å²) in [5.74, 6) is 0.857. The summed E-state index contributed by atoms with van der Waals surface area (Å²) in [6.45, 7) is 5.00. The zero-order valence-corrected chi connectivity index (χ0v) is 11.1. The molecule has 1 aliphatic carbocycles. The van der Waals surface area contributed by atoms with Crippen molar-refractivity contribution in [1.29, 1.82) is 0 Å². The van der Waals surface area contributed by atoms with Gasteiger partial charge in [-0.05, 0) is 38.6 Å². The summed E-state index contributed by atoms with van der Waals surface area (Å²) in [5, 5.41) is 0. The second kappa shape index (κ2) is 5.67. The lowest BCUT2D eigenvalue weighted by Gasteiger charge is -2.30. The fourth-order valence-electron chi connectivity index (χ4n) is 2.48. The molecule has 2 rings (SSSR count). The lowest BCUT2D eigenvalue weighted by atomic mass is 10.0. The van der Waals surface area contributed by atoms with Crippen molar-refractivity contribution in [2.75, 3.05) is 26.7 Å². The van der Waals surface area contributed by atoms with E-state index in [-0.39, 0.29) is 5.91 Å². The van der Waals surface area contributed by atoms with E-state index in [1.807, 2.05) is 11.0 Å². The lowest BCUT2D eigenvalue weighted by Crippen LogP contribution is -2.38. The smallest absolute Gasteiger partial charge is 0.246 e. The molecule has 2 aliphatic rings. The number of carbonyl (C=O) groups is 1. The zero-order chi connectivity index (χ0) is 12.3. The van der Waals surface area contributed by atoms with Gasteiger partial charge in [0.25, 0.3) is 0 Å². The van der Waals surface area contributed by atoms with Crippen LogP contribution in [-0.2, 0) is 4.79 Å². The van der Waals surface area contributed by atoms with Gasteiger partial charge in [-0.1, -0.05) is 13.0 Å². The van der Waals surface area contributed by atoms with Gasteiger partial charge in [-0.15, -0.1) is 0 Å². The van der Waals surface area contributed by atoms with Crippen LogP contribution in [0, 0.1) is 5.92 Å². The summed E-state index contributed by atoms with van der Waals surface area (Å²) < 4.78 is 0. The van der Waals surface area contributed by atoms with Crippen LogP contribution in [0.25, 0.3) is 0 Å². The molecular formula is C14H24N2O. The van der Waals surface area contributed by atoms with Crippen molar-refractivity contribution in [3.05, 3.63) is 12.2 Å². The fraction of sp³-hybridized carbons (Fsp3) is 0.786. The first-order chi connectivity index (χ1) is 8.16. The number of piperidine rings is 1. The third-order valence-electron chi connectivity index (χ3n) is 3.79. The Bertz CT molecular complexity index is 297. The van der Waals surface area contributed by atoms with Gasteiger partial charge < -0.3 is 4.90 Å². The molecule has 0 unspecified atom stereocenters. The Morgan fingerprint density at radius 3 is 2.82 bits per heavy atom. The molecule has 1 atom stereocenters. The Morgan fingerprint density at radius 2 is 2.18 bits per heavy atom. The summed E-state index contributed by atoms with van der Waals surface area (Å²) in [5.41, 5.74) is 0. The van der Waals surface area contributed by atoms with Gasteiger partial charge in [0.2, 0.25) is 5.91 Å². The van der Waals surface area contributed by atoms with Crippen LogP contribution < -0.4 is 0 Å². The molecule has 1 amide bonds. The van der Waals surface area contributed by atoms with Gasteiger partial charge in [0.1, 0.15) is 0 Å². The highest BCUT2D eigenvalue weighted by Crippen LogP contribution is 2.24. The first kappa shape index (κ1) is 12.6. The summed E-state index contributed by atoms with van der Waals surface area (Å²) in [7, 11) is 2.13. The predicted octanol–water partition coefficient (Wildman–Crippen LogP) is 1.90. The molecule has 17 heavy (non-hydrogen) atoms. The summed E-state index contributed by atoms with van der Waals surface area (Å²) >= 11 is 0. The highest BCUT2D eigenvalue weighted by atomic mass is 16.2. The molecule has 0 N–H and O–H groups in total. The van der Waals surface area contributed by atoms with E-state index >= 15 is 0 Å². The number of hydrogen-bond donors (Lipinski definition) is 0. The number of hydrogen-bond acceptors (Lipinski definition) is 2. The van der Waals surface area contributed by atoms with E-state index in [0.29, 0.717) is 5.92 Å². The Balaban J connectivity index is 1.73. The van der Waals surface area contributed by atoms with E-state index in [1.165, 1.54) is 19.3 Å². The maximum Gasteiger partial charge on any atom is 0.246 e. The second-order valence-electron chi connectivity index (χ2n) is 5.60. The van der Waals surface area contributed by atoms with Gasteiger partial charge in [0.05, 0.1) is 0 Å². The first-order valence-electron chi connectivity index (χ1n) is 6.82. The minimum atomic E-state index is 0.195. The molecule has 3 heteroatoms. The van der Waals surface area contributed by atoms with E-state index in [1.54, 1.807) is 6.08 Å². The molecule has 0 aromatic carbocycles. The van der Waals surface area contributed by atoms with Crippen LogP contribution in [0.3, 0.4) is 0 Å². The van der Waals surface area contributed by atoms with Crippen LogP contribution in [0.15, 0.2) is 12.2 Å². The normalized spacial score (nSPS) is 25.8.